The van der Waals surface area contributed by atoms with Gasteiger partial charge in [0.1, 0.15) is 6.26 Å². The molecule has 1 amide bonds. The Kier molecular flexibility index (Phi) is 4.37. The van der Waals surface area contributed by atoms with Gasteiger partial charge in [-0.2, -0.15) is 0 Å². The van der Waals surface area contributed by atoms with Crippen molar-refractivity contribution in [3.63, 3.8) is 0 Å². The maximum atomic E-state index is 12.5. The number of furan rings is 1. The fourth-order valence-electron chi connectivity index (χ4n) is 4.05. The van der Waals surface area contributed by atoms with Crippen LogP contribution in [-0.4, -0.2) is 85.2 Å². The third-order valence-corrected chi connectivity index (χ3v) is 5.37. The highest BCUT2D eigenvalue weighted by Gasteiger charge is 2.42. The van der Waals surface area contributed by atoms with Crippen molar-refractivity contribution in [2.24, 2.45) is 0 Å². The van der Waals surface area contributed by atoms with Crippen LogP contribution in [0.4, 0.5) is 0 Å². The predicted octanol–water partition coefficient (Wildman–Crippen LogP) is 0.901. The monoisotopic (exact) mass is 319 g/mol. The van der Waals surface area contributed by atoms with Gasteiger partial charge in [-0.3, -0.25) is 9.69 Å². The van der Waals surface area contributed by atoms with E-state index in [1.54, 1.807) is 12.3 Å². The molecule has 0 aromatic carbocycles. The quantitative estimate of drug-likeness (QED) is 0.825. The average molecular weight is 319 g/mol. The van der Waals surface area contributed by atoms with Crippen LogP contribution in [0.25, 0.3) is 0 Å². The topological polar surface area (TPSA) is 49.2 Å². The molecule has 0 radical (unpaired) electrons. The lowest BCUT2D eigenvalue weighted by Crippen LogP contribution is -2.52. The van der Waals surface area contributed by atoms with Crippen LogP contribution in [0.3, 0.4) is 0 Å². The summed E-state index contributed by atoms with van der Waals surface area (Å²) in [5.41, 5.74) is 0.632. The van der Waals surface area contributed by atoms with Gasteiger partial charge in [0.15, 0.2) is 0 Å². The Hall–Kier alpha value is -1.37. The Morgan fingerprint density at radius 2 is 2.04 bits per heavy atom. The summed E-state index contributed by atoms with van der Waals surface area (Å²) in [7, 11) is 0. The summed E-state index contributed by atoms with van der Waals surface area (Å²) in [6, 6.07) is 2.07. The Labute approximate surface area is 137 Å². The van der Waals surface area contributed by atoms with E-state index in [4.69, 9.17) is 9.15 Å². The van der Waals surface area contributed by atoms with E-state index in [9.17, 15) is 4.79 Å². The van der Waals surface area contributed by atoms with Gasteiger partial charge in [0.05, 0.1) is 30.6 Å². The summed E-state index contributed by atoms with van der Waals surface area (Å²) in [5, 5.41) is 0. The molecular weight excluding hydrogens is 294 g/mol. The highest BCUT2D eigenvalue weighted by atomic mass is 16.5. The van der Waals surface area contributed by atoms with Crippen molar-refractivity contribution in [2.45, 2.75) is 25.0 Å². The maximum Gasteiger partial charge on any atom is 0.257 e. The van der Waals surface area contributed by atoms with Gasteiger partial charge in [-0.25, -0.2) is 0 Å². The van der Waals surface area contributed by atoms with Gasteiger partial charge in [0.25, 0.3) is 5.91 Å². The Morgan fingerprint density at radius 3 is 2.83 bits per heavy atom. The van der Waals surface area contributed by atoms with Gasteiger partial charge < -0.3 is 19.0 Å². The first-order valence-electron chi connectivity index (χ1n) is 8.71. The van der Waals surface area contributed by atoms with Crippen molar-refractivity contribution in [1.82, 2.24) is 14.7 Å². The number of rotatable bonds is 4. The predicted molar refractivity (Wildman–Crippen MR) is 85.4 cm³/mol. The van der Waals surface area contributed by atoms with Gasteiger partial charge in [0, 0.05) is 32.7 Å². The minimum atomic E-state index is 0.0521. The third kappa shape index (κ3) is 3.16. The maximum absolute atomic E-state index is 12.5. The first-order chi connectivity index (χ1) is 11.3. The molecule has 126 valence electrons. The number of fused-ring (bicyclic) bond motifs is 1. The highest BCUT2D eigenvalue weighted by Crippen LogP contribution is 2.24. The molecule has 0 N–H and O–H groups in total. The number of likely N-dealkylation sites (tertiary alicyclic amines) is 2. The Morgan fingerprint density at radius 1 is 1.17 bits per heavy atom. The number of hydrogen-bond acceptors (Lipinski definition) is 5. The second-order valence-electron chi connectivity index (χ2n) is 6.78. The minimum Gasteiger partial charge on any atom is -0.472 e. The first-order valence-corrected chi connectivity index (χ1v) is 8.71. The standard InChI is InChI=1S/C17H25N3O3/c21-17(14-3-9-22-13-14)20-11-15-16(12-20)23-10-8-19(15)7-6-18-4-1-2-5-18/h3,9,13,15-16H,1-2,4-8,10-12H2/t15-,16+/m1/s1. The van der Waals surface area contributed by atoms with E-state index < -0.39 is 0 Å². The van der Waals surface area contributed by atoms with E-state index in [-0.39, 0.29) is 12.0 Å². The molecule has 3 saturated heterocycles. The number of carbonyl (C=O) groups excluding carboxylic acids is 1. The molecule has 6 nitrogen and oxygen atoms in total. The molecule has 0 aliphatic carbocycles. The highest BCUT2D eigenvalue weighted by molar-refractivity contribution is 5.94. The van der Waals surface area contributed by atoms with Gasteiger partial charge in [0.2, 0.25) is 0 Å². The summed E-state index contributed by atoms with van der Waals surface area (Å²) in [6.07, 6.45) is 5.90. The Bertz CT molecular complexity index is 527. The van der Waals surface area contributed by atoms with E-state index >= 15 is 0 Å². The third-order valence-electron chi connectivity index (χ3n) is 5.37. The number of hydrogen-bond donors (Lipinski definition) is 0. The molecule has 1 aromatic heterocycles. The molecule has 6 heteroatoms. The van der Waals surface area contributed by atoms with Crippen molar-refractivity contribution in [3.8, 4) is 0 Å². The van der Waals surface area contributed by atoms with E-state index in [1.165, 1.54) is 32.2 Å². The van der Waals surface area contributed by atoms with Crippen molar-refractivity contribution >= 4 is 5.91 Å². The zero-order valence-electron chi connectivity index (χ0n) is 13.5. The fourth-order valence-corrected chi connectivity index (χ4v) is 4.05. The van der Waals surface area contributed by atoms with Crippen molar-refractivity contribution in [3.05, 3.63) is 24.2 Å². The number of amides is 1. The average Bonchev–Trinajstić information content (AvgIpc) is 3.33. The van der Waals surface area contributed by atoms with Gasteiger partial charge in [-0.1, -0.05) is 0 Å². The van der Waals surface area contributed by atoms with E-state index in [0.29, 0.717) is 18.2 Å². The molecule has 1 aromatic rings. The number of morpholine rings is 1. The number of nitrogens with zero attached hydrogens (tertiary/aromatic N) is 3. The zero-order chi connectivity index (χ0) is 15.6. The molecule has 3 aliphatic rings. The smallest absolute Gasteiger partial charge is 0.257 e. The molecule has 0 bridgehead atoms. The van der Waals surface area contributed by atoms with Crippen LogP contribution in [-0.2, 0) is 4.74 Å². The molecule has 3 aliphatic heterocycles. The molecule has 4 heterocycles. The second kappa shape index (κ2) is 6.63. The van der Waals surface area contributed by atoms with Crippen LogP contribution in [0.15, 0.2) is 23.0 Å². The second-order valence-corrected chi connectivity index (χ2v) is 6.78. The fraction of sp³-hybridized carbons (Fsp3) is 0.706. The summed E-state index contributed by atoms with van der Waals surface area (Å²) >= 11 is 0. The van der Waals surface area contributed by atoms with Crippen LogP contribution >= 0.6 is 0 Å². The summed E-state index contributed by atoms with van der Waals surface area (Å²) in [5.74, 6) is 0.0521. The van der Waals surface area contributed by atoms with E-state index in [2.05, 4.69) is 9.80 Å². The van der Waals surface area contributed by atoms with Crippen LogP contribution in [0.1, 0.15) is 23.2 Å². The summed E-state index contributed by atoms with van der Waals surface area (Å²) in [6.45, 7) is 7.89. The van der Waals surface area contributed by atoms with Crippen molar-refractivity contribution in [2.75, 3.05) is 52.4 Å². The molecule has 0 saturated carbocycles. The molecule has 3 fully saturated rings. The first kappa shape index (κ1) is 15.2. The van der Waals surface area contributed by atoms with Gasteiger partial charge in [-0.15, -0.1) is 0 Å². The molecule has 0 spiro atoms. The molecule has 23 heavy (non-hydrogen) atoms. The zero-order valence-corrected chi connectivity index (χ0v) is 13.5. The van der Waals surface area contributed by atoms with Gasteiger partial charge >= 0.3 is 0 Å². The largest absolute Gasteiger partial charge is 0.472 e. The lowest BCUT2D eigenvalue weighted by atomic mass is 10.1. The van der Waals surface area contributed by atoms with Crippen molar-refractivity contribution in [1.29, 1.82) is 0 Å². The molecule has 4 rings (SSSR count). The van der Waals surface area contributed by atoms with Gasteiger partial charge in [-0.05, 0) is 32.0 Å². The van der Waals surface area contributed by atoms with E-state index in [1.807, 2.05) is 4.90 Å². The van der Waals surface area contributed by atoms with Crippen molar-refractivity contribution < 1.29 is 13.9 Å². The lowest BCUT2D eigenvalue weighted by molar-refractivity contribution is -0.0487. The summed E-state index contributed by atoms with van der Waals surface area (Å²) < 4.78 is 11.0. The summed E-state index contributed by atoms with van der Waals surface area (Å²) in [4.78, 5) is 19.5. The molecule has 0 unspecified atom stereocenters. The number of ether oxygens (including phenoxy) is 1. The number of carbonyl (C=O) groups is 1. The molecular formula is C17H25N3O3. The van der Waals surface area contributed by atoms with E-state index in [0.717, 1.165) is 32.8 Å². The molecule has 2 atom stereocenters. The SMILES string of the molecule is O=C(c1ccoc1)N1C[C@@H]2OCCN(CCN3CCCC3)[C@@H]2C1. The minimum absolute atomic E-state index is 0.0521. The van der Waals surface area contributed by atoms with Crippen LogP contribution in [0.2, 0.25) is 0 Å². The lowest BCUT2D eigenvalue weighted by Gasteiger charge is -2.37. The Balaban J connectivity index is 1.37. The van der Waals surface area contributed by atoms with Crippen LogP contribution in [0, 0.1) is 0 Å². The normalized spacial score (nSPS) is 29.1. The van der Waals surface area contributed by atoms with Crippen LogP contribution in [0.5, 0.6) is 0 Å². The van der Waals surface area contributed by atoms with Crippen LogP contribution < -0.4 is 0 Å².